The van der Waals surface area contributed by atoms with Crippen molar-refractivity contribution in [1.82, 2.24) is 5.32 Å². The van der Waals surface area contributed by atoms with Crippen LogP contribution in [0.5, 0.6) is 0 Å². The van der Waals surface area contributed by atoms with Gasteiger partial charge in [0.15, 0.2) is 0 Å². The van der Waals surface area contributed by atoms with Crippen molar-refractivity contribution in [3.63, 3.8) is 0 Å². The van der Waals surface area contributed by atoms with Crippen LogP contribution in [0.2, 0.25) is 0 Å². The lowest BCUT2D eigenvalue weighted by atomic mass is 10.2. The second-order valence-corrected chi connectivity index (χ2v) is 4.36. The van der Waals surface area contributed by atoms with E-state index < -0.39 is 6.23 Å². The fourth-order valence-corrected chi connectivity index (χ4v) is 1.73. The van der Waals surface area contributed by atoms with Gasteiger partial charge in [-0.05, 0) is 17.7 Å². The van der Waals surface area contributed by atoms with Crippen molar-refractivity contribution in [3.05, 3.63) is 71.8 Å². The van der Waals surface area contributed by atoms with E-state index in [9.17, 15) is 9.90 Å². The van der Waals surface area contributed by atoms with Gasteiger partial charge in [0.25, 0.3) is 5.91 Å². The first kappa shape index (κ1) is 14.2. The smallest absolute Gasteiger partial charge is 0.253 e. The third kappa shape index (κ3) is 4.50. The SMILES string of the molecule is O=C(NC(O)COCc1ccccc1)c1ccccc1. The number of carbonyl (C=O) groups is 1. The Morgan fingerprint density at radius 3 is 2.30 bits per heavy atom. The van der Waals surface area contributed by atoms with Crippen molar-refractivity contribution in [3.8, 4) is 0 Å². The van der Waals surface area contributed by atoms with Crippen LogP contribution in [0.1, 0.15) is 15.9 Å². The minimum absolute atomic E-state index is 0.0491. The molecule has 2 aromatic rings. The molecule has 104 valence electrons. The van der Waals surface area contributed by atoms with Crippen LogP contribution in [0.15, 0.2) is 60.7 Å². The molecule has 0 aromatic heterocycles. The lowest BCUT2D eigenvalue weighted by Crippen LogP contribution is -2.37. The van der Waals surface area contributed by atoms with Crippen molar-refractivity contribution < 1.29 is 14.6 Å². The van der Waals surface area contributed by atoms with Gasteiger partial charge in [-0.2, -0.15) is 0 Å². The molecule has 1 unspecified atom stereocenters. The quantitative estimate of drug-likeness (QED) is 0.790. The van der Waals surface area contributed by atoms with Gasteiger partial charge < -0.3 is 15.2 Å². The lowest BCUT2D eigenvalue weighted by molar-refractivity contribution is 0.0121. The van der Waals surface area contributed by atoms with Crippen LogP contribution in [0.25, 0.3) is 0 Å². The highest BCUT2D eigenvalue weighted by Crippen LogP contribution is 2.01. The van der Waals surface area contributed by atoms with Crippen molar-refractivity contribution in [1.29, 1.82) is 0 Å². The fourth-order valence-electron chi connectivity index (χ4n) is 1.73. The van der Waals surface area contributed by atoms with E-state index in [0.29, 0.717) is 12.2 Å². The Balaban J connectivity index is 1.73. The zero-order chi connectivity index (χ0) is 14.2. The summed E-state index contributed by atoms with van der Waals surface area (Å²) in [6.07, 6.45) is -1.02. The van der Waals surface area contributed by atoms with Gasteiger partial charge in [0.05, 0.1) is 13.2 Å². The Morgan fingerprint density at radius 2 is 1.65 bits per heavy atom. The summed E-state index contributed by atoms with van der Waals surface area (Å²) in [4.78, 5) is 11.8. The molecule has 4 nitrogen and oxygen atoms in total. The number of aliphatic hydroxyl groups excluding tert-OH is 1. The molecule has 0 fully saturated rings. The number of rotatable bonds is 6. The first-order valence-electron chi connectivity index (χ1n) is 6.41. The van der Waals surface area contributed by atoms with Crippen LogP contribution in [0.4, 0.5) is 0 Å². The Hall–Kier alpha value is -2.17. The molecule has 4 heteroatoms. The van der Waals surface area contributed by atoms with Gasteiger partial charge >= 0.3 is 0 Å². The molecular formula is C16H17NO3. The summed E-state index contributed by atoms with van der Waals surface area (Å²) < 4.78 is 5.35. The van der Waals surface area contributed by atoms with Crippen molar-refractivity contribution >= 4 is 5.91 Å². The molecule has 0 spiro atoms. The summed E-state index contributed by atoms with van der Waals surface area (Å²) in [7, 11) is 0. The Kier molecular flexibility index (Phi) is 5.29. The monoisotopic (exact) mass is 271 g/mol. The summed E-state index contributed by atoms with van der Waals surface area (Å²) in [6.45, 7) is 0.451. The van der Waals surface area contributed by atoms with Gasteiger partial charge in [-0.3, -0.25) is 4.79 Å². The molecule has 0 aliphatic carbocycles. The zero-order valence-corrected chi connectivity index (χ0v) is 11.0. The van der Waals surface area contributed by atoms with Gasteiger partial charge in [0.1, 0.15) is 6.23 Å². The van der Waals surface area contributed by atoms with Gasteiger partial charge in [-0.15, -0.1) is 0 Å². The van der Waals surface area contributed by atoms with Crippen LogP contribution >= 0.6 is 0 Å². The maximum atomic E-state index is 11.8. The number of hydrogen-bond acceptors (Lipinski definition) is 3. The van der Waals surface area contributed by atoms with Crippen molar-refractivity contribution in [2.75, 3.05) is 6.61 Å². The molecule has 0 saturated carbocycles. The van der Waals surface area contributed by atoms with Gasteiger partial charge in [-0.1, -0.05) is 48.5 Å². The summed E-state index contributed by atoms with van der Waals surface area (Å²) in [5, 5.41) is 12.2. The van der Waals surface area contributed by atoms with E-state index in [1.165, 1.54) is 0 Å². The second kappa shape index (κ2) is 7.43. The molecule has 0 aliphatic rings. The lowest BCUT2D eigenvalue weighted by Gasteiger charge is -2.13. The number of carbonyl (C=O) groups excluding carboxylic acids is 1. The molecule has 0 aliphatic heterocycles. The minimum Gasteiger partial charge on any atom is -0.372 e. The average Bonchev–Trinajstić information content (AvgIpc) is 2.49. The highest BCUT2D eigenvalue weighted by Gasteiger charge is 2.10. The maximum Gasteiger partial charge on any atom is 0.253 e. The van der Waals surface area contributed by atoms with E-state index in [0.717, 1.165) is 5.56 Å². The molecule has 0 heterocycles. The van der Waals surface area contributed by atoms with E-state index in [1.54, 1.807) is 24.3 Å². The molecular weight excluding hydrogens is 254 g/mol. The van der Waals surface area contributed by atoms with Gasteiger partial charge in [-0.25, -0.2) is 0 Å². The third-order valence-corrected chi connectivity index (χ3v) is 2.72. The molecule has 0 bridgehead atoms. The average molecular weight is 271 g/mol. The normalized spacial score (nSPS) is 11.8. The van der Waals surface area contributed by atoms with Crippen molar-refractivity contribution in [2.45, 2.75) is 12.8 Å². The van der Waals surface area contributed by atoms with Crippen LogP contribution < -0.4 is 5.32 Å². The van der Waals surface area contributed by atoms with E-state index in [4.69, 9.17) is 4.74 Å². The fraction of sp³-hybridized carbons (Fsp3) is 0.188. The summed E-state index contributed by atoms with van der Waals surface area (Å²) in [5.41, 5.74) is 1.53. The molecule has 2 N–H and O–H groups in total. The number of aliphatic hydroxyl groups is 1. The first-order chi connectivity index (χ1) is 9.75. The molecule has 1 amide bonds. The number of hydrogen-bond donors (Lipinski definition) is 2. The van der Waals surface area contributed by atoms with Crippen LogP contribution in [0.3, 0.4) is 0 Å². The Morgan fingerprint density at radius 1 is 1.05 bits per heavy atom. The molecule has 2 aromatic carbocycles. The largest absolute Gasteiger partial charge is 0.372 e. The van der Waals surface area contributed by atoms with E-state index in [-0.39, 0.29) is 12.5 Å². The van der Waals surface area contributed by atoms with Crippen LogP contribution in [-0.2, 0) is 11.3 Å². The predicted molar refractivity (Wildman–Crippen MR) is 76.0 cm³/mol. The highest BCUT2D eigenvalue weighted by molar-refractivity contribution is 5.94. The summed E-state index contributed by atoms with van der Waals surface area (Å²) >= 11 is 0. The van der Waals surface area contributed by atoms with Crippen molar-refractivity contribution in [2.24, 2.45) is 0 Å². The van der Waals surface area contributed by atoms with Crippen LogP contribution in [0, 0.1) is 0 Å². The maximum absolute atomic E-state index is 11.8. The zero-order valence-electron chi connectivity index (χ0n) is 11.0. The predicted octanol–water partition coefficient (Wildman–Crippen LogP) is 1.95. The molecule has 1 atom stereocenters. The third-order valence-electron chi connectivity index (χ3n) is 2.72. The summed E-state index contributed by atoms with van der Waals surface area (Å²) in [6, 6.07) is 18.4. The number of benzene rings is 2. The topological polar surface area (TPSA) is 58.6 Å². The first-order valence-corrected chi connectivity index (χ1v) is 6.41. The van der Waals surface area contributed by atoms with E-state index >= 15 is 0 Å². The number of ether oxygens (including phenoxy) is 1. The minimum atomic E-state index is -1.02. The molecule has 2 rings (SSSR count). The van der Waals surface area contributed by atoms with Gasteiger partial charge in [0, 0.05) is 5.56 Å². The van der Waals surface area contributed by atoms with E-state index in [2.05, 4.69) is 5.32 Å². The van der Waals surface area contributed by atoms with E-state index in [1.807, 2.05) is 36.4 Å². The van der Waals surface area contributed by atoms with Gasteiger partial charge in [0.2, 0.25) is 0 Å². The number of amides is 1. The highest BCUT2D eigenvalue weighted by atomic mass is 16.5. The number of nitrogens with one attached hydrogen (secondary N) is 1. The Bertz CT molecular complexity index is 528. The van der Waals surface area contributed by atoms with Crippen LogP contribution in [-0.4, -0.2) is 23.8 Å². The Labute approximate surface area is 118 Å². The molecule has 0 saturated heterocycles. The summed E-state index contributed by atoms with van der Waals surface area (Å²) in [5.74, 6) is -0.318. The molecule has 0 radical (unpaired) electrons. The standard InChI is InChI=1S/C16H17NO3/c18-15(12-20-11-13-7-3-1-4-8-13)17-16(19)14-9-5-2-6-10-14/h1-10,15,18H,11-12H2,(H,17,19). The second-order valence-electron chi connectivity index (χ2n) is 4.36. The molecule has 20 heavy (non-hydrogen) atoms.